The van der Waals surface area contributed by atoms with Gasteiger partial charge >= 0.3 is 8.60 Å². The molecule has 0 radical (unpaired) electrons. The lowest BCUT2D eigenvalue weighted by Gasteiger charge is -2.23. The summed E-state index contributed by atoms with van der Waals surface area (Å²) < 4.78 is 32.2. The molecule has 5 aromatic carbocycles. The summed E-state index contributed by atoms with van der Waals surface area (Å²) in [6.07, 6.45) is 0.599. The minimum absolute atomic E-state index is 0.0444. The molecular formula is C47H58O6P2. The molecule has 2 unspecified atom stereocenters. The number of aryl methyl sites for hydroxylation is 4. The third-order valence-corrected chi connectivity index (χ3v) is 11.4. The van der Waals surface area contributed by atoms with Gasteiger partial charge in [0.1, 0.15) is 28.7 Å². The van der Waals surface area contributed by atoms with E-state index < -0.39 is 8.60 Å². The highest BCUT2D eigenvalue weighted by molar-refractivity contribution is 7.42. The van der Waals surface area contributed by atoms with Crippen LogP contribution < -0.4 is 18.1 Å². The fourth-order valence-corrected chi connectivity index (χ4v) is 8.17. The van der Waals surface area contributed by atoms with E-state index in [1.165, 1.54) is 0 Å². The maximum absolute atomic E-state index is 11.7. The Bertz CT molecular complexity index is 2000. The molecule has 0 fully saturated rings. The van der Waals surface area contributed by atoms with E-state index in [9.17, 15) is 5.11 Å². The summed E-state index contributed by atoms with van der Waals surface area (Å²) in [4.78, 5) is 0. The van der Waals surface area contributed by atoms with Crippen LogP contribution in [0.4, 0.5) is 0 Å². The Kier molecular flexibility index (Phi) is 14.7. The minimum Gasteiger partial charge on any atom is -0.507 e. The quantitative estimate of drug-likeness (QED) is 0.0948. The van der Waals surface area contributed by atoms with Crippen LogP contribution >= 0.6 is 17.6 Å². The topological polar surface area (TPSA) is 66.4 Å². The highest BCUT2D eigenvalue weighted by Crippen LogP contribution is 2.47. The molecule has 2 atom stereocenters. The third kappa shape index (κ3) is 11.3. The number of hydrogen-bond acceptors (Lipinski definition) is 6. The van der Waals surface area contributed by atoms with Crippen LogP contribution in [0, 0.1) is 27.7 Å². The van der Waals surface area contributed by atoms with Crippen molar-refractivity contribution in [2.45, 2.75) is 113 Å². The number of phenolic OH excluding ortho intramolecular Hbond substituents is 1. The average molecular weight is 781 g/mol. The Morgan fingerprint density at radius 2 is 0.927 bits per heavy atom. The van der Waals surface area contributed by atoms with Crippen molar-refractivity contribution in [3.05, 3.63) is 147 Å². The van der Waals surface area contributed by atoms with E-state index in [0.717, 1.165) is 73.1 Å². The lowest BCUT2D eigenvalue weighted by Crippen LogP contribution is -2.06. The van der Waals surface area contributed by atoms with Gasteiger partial charge in [0.2, 0.25) is 0 Å². The Morgan fingerprint density at radius 3 is 1.40 bits per heavy atom. The van der Waals surface area contributed by atoms with Gasteiger partial charge in [0, 0.05) is 5.56 Å². The Balaban J connectivity index is 1.34. The largest absolute Gasteiger partial charge is 0.507 e. The molecule has 5 rings (SSSR count). The normalized spacial score (nSPS) is 12.3. The van der Waals surface area contributed by atoms with E-state index in [2.05, 4.69) is 137 Å². The van der Waals surface area contributed by atoms with E-state index >= 15 is 0 Å². The highest BCUT2D eigenvalue weighted by Gasteiger charge is 2.24. The number of benzene rings is 5. The summed E-state index contributed by atoms with van der Waals surface area (Å²) in [5, 5.41) is 11.7. The molecule has 0 aliphatic rings. The van der Waals surface area contributed by atoms with Crippen molar-refractivity contribution in [2.24, 2.45) is 0 Å². The first-order valence-electron chi connectivity index (χ1n) is 19.3. The van der Waals surface area contributed by atoms with Crippen molar-refractivity contribution in [3.63, 3.8) is 0 Å². The Morgan fingerprint density at radius 1 is 0.527 bits per heavy atom. The monoisotopic (exact) mass is 780 g/mol. The predicted molar refractivity (Wildman–Crippen MR) is 230 cm³/mol. The summed E-state index contributed by atoms with van der Waals surface area (Å²) in [7, 11) is -2.09. The lowest BCUT2D eigenvalue weighted by molar-refractivity contribution is 0.251. The molecular weight excluding hydrogens is 722 g/mol. The fraction of sp³-hybridized carbons (Fsp3) is 0.362. The summed E-state index contributed by atoms with van der Waals surface area (Å²) in [6.45, 7) is 23.4. The summed E-state index contributed by atoms with van der Waals surface area (Å²) >= 11 is 0. The second kappa shape index (κ2) is 19.2. The molecule has 292 valence electrons. The molecule has 0 bridgehead atoms. The van der Waals surface area contributed by atoms with E-state index in [4.69, 9.17) is 22.6 Å². The van der Waals surface area contributed by atoms with Crippen LogP contribution in [0.2, 0.25) is 0 Å². The molecule has 0 amide bonds. The summed E-state index contributed by atoms with van der Waals surface area (Å²) in [5.74, 6) is 4.23. The Labute approximate surface area is 332 Å². The smallest absolute Gasteiger partial charge is 0.463 e. The molecule has 0 aliphatic carbocycles. The van der Waals surface area contributed by atoms with Crippen molar-refractivity contribution in [3.8, 4) is 28.7 Å². The number of para-hydroxylation sites is 1. The van der Waals surface area contributed by atoms with Gasteiger partial charge < -0.3 is 23.2 Å². The molecule has 0 aromatic heterocycles. The first-order chi connectivity index (χ1) is 26.2. The second-order valence-corrected chi connectivity index (χ2v) is 17.3. The molecule has 6 nitrogen and oxygen atoms in total. The molecule has 0 saturated carbocycles. The zero-order chi connectivity index (χ0) is 39.8. The van der Waals surface area contributed by atoms with Gasteiger partial charge in [-0.2, -0.15) is 0 Å². The molecule has 8 heteroatoms. The summed E-state index contributed by atoms with van der Waals surface area (Å²) in [6, 6.07) is 30.9. The van der Waals surface area contributed by atoms with Crippen LogP contribution in [-0.2, 0) is 17.6 Å². The lowest BCUT2D eigenvalue weighted by atomic mass is 9.91. The summed E-state index contributed by atoms with van der Waals surface area (Å²) in [5.41, 5.74) is 10.3. The number of aromatic hydroxyl groups is 1. The maximum atomic E-state index is 11.7. The van der Waals surface area contributed by atoms with E-state index in [0.29, 0.717) is 17.9 Å². The molecule has 5 aromatic rings. The zero-order valence-electron chi connectivity index (χ0n) is 34.3. The molecule has 0 saturated heterocycles. The van der Waals surface area contributed by atoms with Gasteiger partial charge in [0.05, 0.1) is 6.61 Å². The SMILES string of the molecule is Cc1ccc(C(C)C)c(OPOc2cc(C)ccc2C(C)Cc2cccc(COP(Oc3cc(C)ccc3C(C)C)Oc3cc(C)ccc3C(C)C)c2O)c1. The van der Waals surface area contributed by atoms with Crippen LogP contribution in [0.25, 0.3) is 0 Å². The number of rotatable bonds is 17. The van der Waals surface area contributed by atoms with Crippen LogP contribution in [0.5, 0.6) is 28.7 Å². The van der Waals surface area contributed by atoms with Crippen LogP contribution in [0.3, 0.4) is 0 Å². The van der Waals surface area contributed by atoms with E-state index in [1.807, 2.05) is 30.3 Å². The van der Waals surface area contributed by atoms with Gasteiger partial charge in [0.15, 0.2) is 0 Å². The van der Waals surface area contributed by atoms with E-state index in [-0.39, 0.29) is 39.1 Å². The predicted octanol–water partition coefficient (Wildman–Crippen LogP) is 14.2. The van der Waals surface area contributed by atoms with Crippen molar-refractivity contribution >= 4 is 17.6 Å². The molecule has 1 N–H and O–H groups in total. The van der Waals surface area contributed by atoms with E-state index in [1.54, 1.807) is 0 Å². The minimum atomic E-state index is -1.90. The molecule has 0 aliphatic heterocycles. The van der Waals surface area contributed by atoms with Crippen molar-refractivity contribution in [2.75, 3.05) is 0 Å². The number of phenols is 1. The zero-order valence-corrected chi connectivity index (χ0v) is 36.2. The maximum Gasteiger partial charge on any atom is 0.463 e. The molecule has 0 spiro atoms. The average Bonchev–Trinajstić information content (AvgIpc) is 3.11. The van der Waals surface area contributed by atoms with Gasteiger partial charge in [-0.15, -0.1) is 0 Å². The van der Waals surface area contributed by atoms with Crippen LogP contribution in [0.1, 0.15) is 128 Å². The fourth-order valence-electron chi connectivity index (χ4n) is 6.57. The Hall–Kier alpha value is -4.08. The van der Waals surface area contributed by atoms with Gasteiger partial charge in [0.25, 0.3) is 9.03 Å². The third-order valence-electron chi connectivity index (χ3n) is 9.78. The van der Waals surface area contributed by atoms with Crippen LogP contribution in [0.15, 0.2) is 91.0 Å². The van der Waals surface area contributed by atoms with Crippen molar-refractivity contribution in [1.82, 2.24) is 0 Å². The number of hydrogen-bond donors (Lipinski definition) is 1. The molecule has 0 heterocycles. The van der Waals surface area contributed by atoms with Crippen LogP contribution in [-0.4, -0.2) is 5.11 Å². The van der Waals surface area contributed by atoms with Crippen molar-refractivity contribution in [1.29, 1.82) is 0 Å². The second-order valence-electron chi connectivity index (χ2n) is 15.6. The first-order valence-corrected chi connectivity index (χ1v) is 21.2. The van der Waals surface area contributed by atoms with Gasteiger partial charge in [-0.1, -0.05) is 115 Å². The van der Waals surface area contributed by atoms with Gasteiger partial charge in [-0.05, 0) is 132 Å². The molecule has 55 heavy (non-hydrogen) atoms. The van der Waals surface area contributed by atoms with Crippen molar-refractivity contribution < 1.29 is 27.7 Å². The van der Waals surface area contributed by atoms with Gasteiger partial charge in [-0.3, -0.25) is 4.52 Å². The first kappa shape index (κ1) is 42.1. The highest BCUT2D eigenvalue weighted by atomic mass is 31.2. The standard InChI is InChI=1S/C47H58O6P2/c1-29(2)39-19-15-32(7)23-43(39)50-54-51-44-24-33(8)18-22-42(44)36(11)27-37-13-12-14-38(47(37)48)28-49-55(52-45-25-34(9)16-20-40(45)30(3)4)53-46-26-35(10)17-21-41(46)31(5)6/h12-26,29-31,36,48,54H,27-28H2,1-11H3. The van der Waals surface area contributed by atoms with Gasteiger partial charge in [-0.25, -0.2) is 0 Å².